The van der Waals surface area contributed by atoms with Crippen LogP contribution in [0.2, 0.25) is 0 Å². The van der Waals surface area contributed by atoms with Crippen molar-refractivity contribution < 1.29 is 19.8 Å². The summed E-state index contributed by atoms with van der Waals surface area (Å²) in [6.45, 7) is 3.98. The van der Waals surface area contributed by atoms with Crippen molar-refractivity contribution in [2.45, 2.75) is 57.3 Å². The summed E-state index contributed by atoms with van der Waals surface area (Å²) >= 11 is 0. The quantitative estimate of drug-likeness (QED) is 0.498. The molecule has 0 unspecified atom stereocenters. The number of carbonyl (C=O) groups excluding carboxylic acids is 2. The average molecular weight is 458 g/mol. The number of anilines is 1. The lowest BCUT2D eigenvalue weighted by Gasteiger charge is -2.38. The minimum Gasteiger partial charge on any atom is -0.507 e. The molecular weight excluding hydrogens is 428 g/mol. The van der Waals surface area contributed by atoms with Crippen LogP contribution in [0, 0.1) is 0 Å². The minimum atomic E-state index is -0.961. The third-order valence-electron chi connectivity index (χ3n) is 8.62. The predicted octanol–water partition coefficient (Wildman–Crippen LogP) is 1.27. The van der Waals surface area contributed by atoms with Gasteiger partial charge in [-0.3, -0.25) is 9.59 Å². The zero-order valence-corrected chi connectivity index (χ0v) is 19.3. The van der Waals surface area contributed by atoms with Gasteiger partial charge in [0.2, 0.25) is 5.36 Å². The van der Waals surface area contributed by atoms with Crippen molar-refractivity contribution in [2.24, 2.45) is 0 Å². The van der Waals surface area contributed by atoms with Gasteiger partial charge in [0.1, 0.15) is 30.5 Å². The first-order valence-electron chi connectivity index (χ1n) is 12.8. The third kappa shape index (κ3) is 2.60. The van der Waals surface area contributed by atoms with Crippen molar-refractivity contribution in [3.05, 3.63) is 50.5 Å². The molecule has 34 heavy (non-hydrogen) atoms. The van der Waals surface area contributed by atoms with Crippen LogP contribution >= 0.6 is 0 Å². The molecular formula is C28H29N2O4+. The number of rotatable bonds is 1. The third-order valence-corrected chi connectivity index (χ3v) is 8.62. The summed E-state index contributed by atoms with van der Waals surface area (Å²) in [5.74, 6) is -1.29. The van der Waals surface area contributed by atoms with Crippen LogP contribution in [0.4, 0.5) is 5.69 Å². The highest BCUT2D eigenvalue weighted by atomic mass is 16.3. The molecule has 0 atom stereocenters. The van der Waals surface area contributed by atoms with E-state index in [9.17, 15) is 19.8 Å². The van der Waals surface area contributed by atoms with Crippen LogP contribution < -0.4 is 20.1 Å². The van der Waals surface area contributed by atoms with Gasteiger partial charge in [-0.1, -0.05) is 0 Å². The Bertz CT molecular complexity index is 1410. The number of hydrogen-bond donors (Lipinski definition) is 2. The summed E-state index contributed by atoms with van der Waals surface area (Å²) in [5, 5.41) is 23.8. The van der Waals surface area contributed by atoms with Gasteiger partial charge in [0.05, 0.1) is 11.1 Å². The molecule has 1 saturated carbocycles. The summed E-state index contributed by atoms with van der Waals surface area (Å²) in [5.41, 5.74) is 5.75. The number of benzene rings is 2. The maximum atomic E-state index is 13.5. The first-order chi connectivity index (χ1) is 16.5. The maximum absolute atomic E-state index is 13.5. The lowest BCUT2D eigenvalue weighted by Crippen LogP contribution is -2.46. The Labute approximate surface area is 197 Å². The molecule has 2 aromatic carbocycles. The fraction of sp³-hybridized carbons (Fsp3) is 0.464. The van der Waals surface area contributed by atoms with Crippen LogP contribution in [0.15, 0.2) is 12.1 Å². The summed E-state index contributed by atoms with van der Waals surface area (Å²) in [7, 11) is 0. The number of hydrogen-bond acceptors (Lipinski definition) is 5. The van der Waals surface area contributed by atoms with Gasteiger partial charge in [-0.2, -0.15) is 0 Å². The number of nitrogens with zero attached hydrogens (tertiary/aromatic N) is 2. The SMILES string of the molecule is O=C1C(=c2cc3c4c(c2O)CCC[N+]=4CCC3)C(=O)C1c1cc2c3c(c1O)CCCN3CCC2. The van der Waals surface area contributed by atoms with Crippen LogP contribution in [-0.2, 0) is 35.3 Å². The molecule has 0 radical (unpaired) electrons. The van der Waals surface area contributed by atoms with Crippen molar-refractivity contribution in [2.75, 3.05) is 31.1 Å². The van der Waals surface area contributed by atoms with Gasteiger partial charge in [0, 0.05) is 53.5 Å². The molecule has 2 N–H and O–H groups in total. The number of phenolic OH excluding ortho intramolecular Hbond substituents is 2. The number of Topliss-reactive ketones (excluding diaryl/α,β-unsaturated/α-hetero) is 2. The summed E-state index contributed by atoms with van der Waals surface area (Å²) in [6.07, 6.45) is 7.36. The number of carbonyl (C=O) groups is 2. The smallest absolute Gasteiger partial charge is 0.210 e. The van der Waals surface area contributed by atoms with E-state index in [1.165, 1.54) is 0 Å². The fourth-order valence-corrected chi connectivity index (χ4v) is 7.12. The summed E-state index contributed by atoms with van der Waals surface area (Å²) < 4.78 is 2.33. The van der Waals surface area contributed by atoms with Gasteiger partial charge in [0.25, 0.3) is 0 Å². The van der Waals surface area contributed by atoms with Crippen LogP contribution in [0.1, 0.15) is 59.4 Å². The van der Waals surface area contributed by atoms with Gasteiger partial charge in [-0.05, 0) is 56.2 Å². The zero-order valence-electron chi connectivity index (χ0n) is 19.3. The second kappa shape index (κ2) is 7.17. The molecule has 4 aliphatic heterocycles. The summed E-state index contributed by atoms with van der Waals surface area (Å²) in [4.78, 5) is 29.3. The van der Waals surface area contributed by atoms with Crippen molar-refractivity contribution in [1.29, 1.82) is 0 Å². The topological polar surface area (TPSA) is 80.8 Å². The van der Waals surface area contributed by atoms with E-state index in [0.717, 1.165) is 111 Å². The van der Waals surface area contributed by atoms with Crippen LogP contribution in [0.25, 0.3) is 5.57 Å². The van der Waals surface area contributed by atoms with E-state index in [2.05, 4.69) is 9.48 Å². The Morgan fingerprint density at radius 2 is 1.47 bits per heavy atom. The lowest BCUT2D eigenvalue weighted by molar-refractivity contribution is -0.129. The van der Waals surface area contributed by atoms with E-state index in [0.29, 0.717) is 10.8 Å². The maximum Gasteiger partial charge on any atom is 0.210 e. The molecule has 6 heteroatoms. The van der Waals surface area contributed by atoms with Crippen LogP contribution in [0.3, 0.4) is 0 Å². The fourth-order valence-electron chi connectivity index (χ4n) is 7.12. The van der Waals surface area contributed by atoms with E-state index in [-0.39, 0.29) is 28.6 Å². The second-order valence-corrected chi connectivity index (χ2v) is 10.5. The second-order valence-electron chi connectivity index (χ2n) is 10.5. The Morgan fingerprint density at radius 3 is 2.26 bits per heavy atom. The highest BCUT2D eigenvalue weighted by Gasteiger charge is 2.48. The molecule has 6 nitrogen and oxygen atoms in total. The van der Waals surface area contributed by atoms with Gasteiger partial charge >= 0.3 is 0 Å². The van der Waals surface area contributed by atoms with Gasteiger partial charge in [-0.15, -0.1) is 0 Å². The zero-order chi connectivity index (χ0) is 23.1. The summed E-state index contributed by atoms with van der Waals surface area (Å²) in [6, 6.07) is 3.78. The lowest BCUT2D eigenvalue weighted by atomic mass is 9.70. The van der Waals surface area contributed by atoms with E-state index in [4.69, 9.17) is 0 Å². The van der Waals surface area contributed by atoms with E-state index in [1.54, 1.807) is 0 Å². The van der Waals surface area contributed by atoms with Crippen molar-refractivity contribution in [3.63, 3.8) is 0 Å². The number of ketones is 2. The van der Waals surface area contributed by atoms with Gasteiger partial charge < -0.3 is 15.1 Å². The Hall–Kier alpha value is -3.15. The molecule has 2 aromatic rings. The molecule has 0 saturated heterocycles. The molecule has 0 spiro atoms. The van der Waals surface area contributed by atoms with E-state index in [1.807, 2.05) is 12.1 Å². The molecule has 5 aliphatic rings. The Balaban J connectivity index is 1.37. The van der Waals surface area contributed by atoms with Crippen molar-refractivity contribution >= 4 is 22.8 Å². The number of aryl methyl sites for hydroxylation is 2. The molecule has 0 aromatic heterocycles. The molecule has 0 bridgehead atoms. The van der Waals surface area contributed by atoms with Gasteiger partial charge in [0.15, 0.2) is 11.6 Å². The van der Waals surface area contributed by atoms with Crippen LogP contribution in [-0.4, -0.2) is 48.0 Å². The number of phenols is 2. The first-order valence-corrected chi connectivity index (χ1v) is 12.8. The molecule has 0 amide bonds. The molecule has 4 heterocycles. The molecule has 1 fully saturated rings. The highest BCUT2D eigenvalue weighted by Crippen LogP contribution is 2.47. The Kier molecular flexibility index (Phi) is 4.27. The van der Waals surface area contributed by atoms with E-state index < -0.39 is 5.92 Å². The monoisotopic (exact) mass is 457 g/mol. The predicted molar refractivity (Wildman–Crippen MR) is 128 cm³/mol. The first kappa shape index (κ1) is 20.2. The van der Waals surface area contributed by atoms with Crippen molar-refractivity contribution in [1.82, 2.24) is 4.58 Å². The van der Waals surface area contributed by atoms with Crippen molar-refractivity contribution in [3.8, 4) is 11.5 Å². The van der Waals surface area contributed by atoms with Crippen LogP contribution in [0.5, 0.6) is 11.5 Å². The van der Waals surface area contributed by atoms with E-state index >= 15 is 0 Å². The molecule has 174 valence electrons. The number of aromatic hydroxyl groups is 2. The average Bonchev–Trinajstić information content (AvgIpc) is 2.85. The molecule has 1 aliphatic carbocycles. The minimum absolute atomic E-state index is 0.0981. The normalized spacial score (nSPS) is 22.9. The Morgan fingerprint density at radius 1 is 0.794 bits per heavy atom. The largest absolute Gasteiger partial charge is 0.507 e. The molecule has 7 rings (SSSR count). The standard InChI is InChI=1S/C28H28N2O4/c31-25-17-7-3-11-29-9-1-5-15(23(17)29)13-19(25)21-27(33)22(28(21)34)20-14-16-6-2-10-30-12-4-8-18(24(16)30)26(20)32/h13-14,21,31H,1-12H2/p+1. The highest BCUT2D eigenvalue weighted by molar-refractivity contribution is 6.59. The van der Waals surface area contributed by atoms with Gasteiger partial charge in [-0.25, -0.2) is 4.58 Å².